The van der Waals surface area contributed by atoms with Crippen molar-refractivity contribution in [2.75, 3.05) is 19.6 Å². The van der Waals surface area contributed by atoms with Gasteiger partial charge in [0.25, 0.3) is 0 Å². The molecule has 1 N–H and O–H groups in total. The summed E-state index contributed by atoms with van der Waals surface area (Å²) in [4.78, 5) is 2.51. The minimum absolute atomic E-state index is 0.198. The number of hydrogen-bond acceptors (Lipinski definition) is 3. The first-order chi connectivity index (χ1) is 9.67. The maximum Gasteiger partial charge on any atom is 0.156 e. The van der Waals surface area contributed by atoms with Crippen LogP contribution >= 0.6 is 15.9 Å². The lowest BCUT2D eigenvalue weighted by Gasteiger charge is -2.33. The van der Waals surface area contributed by atoms with E-state index in [1.165, 1.54) is 25.9 Å². The van der Waals surface area contributed by atoms with Gasteiger partial charge in [-0.2, -0.15) is 0 Å². The number of ether oxygens (including phenoxy) is 1. The van der Waals surface area contributed by atoms with E-state index in [4.69, 9.17) is 4.74 Å². The number of rotatable bonds is 6. The van der Waals surface area contributed by atoms with Gasteiger partial charge in [0.15, 0.2) is 5.01 Å². The maximum absolute atomic E-state index is 5.71. The fourth-order valence-electron chi connectivity index (χ4n) is 2.88. The fraction of sp³-hybridized carbons (Fsp3) is 0.750. The molecule has 3 nitrogen and oxygen atoms in total. The van der Waals surface area contributed by atoms with Crippen LogP contribution in [0.15, 0.2) is 24.0 Å². The van der Waals surface area contributed by atoms with Crippen LogP contribution < -0.4 is 5.32 Å². The third-order valence-corrected chi connectivity index (χ3v) is 4.58. The van der Waals surface area contributed by atoms with Crippen LogP contribution in [0.4, 0.5) is 0 Å². The van der Waals surface area contributed by atoms with E-state index in [-0.39, 0.29) is 5.01 Å². The number of piperidine rings is 1. The summed E-state index contributed by atoms with van der Waals surface area (Å²) in [5.41, 5.74) is 0. The van der Waals surface area contributed by atoms with Crippen LogP contribution in [0, 0.1) is 0 Å². The van der Waals surface area contributed by atoms with Crippen LogP contribution in [0.1, 0.15) is 39.5 Å². The zero-order chi connectivity index (χ0) is 14.4. The van der Waals surface area contributed by atoms with Crippen molar-refractivity contribution in [3.05, 3.63) is 24.0 Å². The Labute approximate surface area is 131 Å². The van der Waals surface area contributed by atoms with Crippen LogP contribution in [0.5, 0.6) is 0 Å². The van der Waals surface area contributed by atoms with E-state index >= 15 is 0 Å². The van der Waals surface area contributed by atoms with Crippen LogP contribution in [-0.2, 0) is 4.74 Å². The van der Waals surface area contributed by atoms with Gasteiger partial charge in [0.1, 0.15) is 5.76 Å². The predicted octanol–water partition coefficient (Wildman–Crippen LogP) is 3.42. The zero-order valence-corrected chi connectivity index (χ0v) is 14.2. The average molecular weight is 343 g/mol. The smallest absolute Gasteiger partial charge is 0.156 e. The lowest BCUT2D eigenvalue weighted by atomic mass is 10.0. The summed E-state index contributed by atoms with van der Waals surface area (Å²) in [7, 11) is 0. The number of allylic oxidation sites excluding steroid dienone is 1. The highest BCUT2D eigenvalue weighted by Crippen LogP contribution is 2.23. The van der Waals surface area contributed by atoms with Crippen molar-refractivity contribution in [1.82, 2.24) is 10.2 Å². The average Bonchev–Trinajstić information content (AvgIpc) is 2.84. The molecule has 0 radical (unpaired) electrons. The molecule has 114 valence electrons. The Morgan fingerprint density at radius 2 is 2.25 bits per heavy atom. The SMILES string of the molecule is C/C=C\CC(C)NC1CCN(CC2=CCC(Br)O2)CC1. The highest BCUT2D eigenvalue weighted by Gasteiger charge is 2.23. The molecule has 0 saturated carbocycles. The second-order valence-electron chi connectivity index (χ2n) is 5.86. The van der Waals surface area contributed by atoms with Gasteiger partial charge < -0.3 is 10.1 Å². The first kappa shape index (κ1) is 16.1. The molecule has 0 amide bonds. The minimum Gasteiger partial charge on any atom is -0.482 e. The molecular formula is C16H27BrN2O. The Balaban J connectivity index is 1.65. The number of alkyl halides is 1. The third kappa shape index (κ3) is 5.23. The molecule has 2 aliphatic rings. The molecule has 0 aliphatic carbocycles. The summed E-state index contributed by atoms with van der Waals surface area (Å²) in [6.45, 7) is 7.68. The number of nitrogens with zero attached hydrogens (tertiary/aromatic N) is 1. The van der Waals surface area contributed by atoms with Crippen LogP contribution in [-0.4, -0.2) is 41.6 Å². The van der Waals surface area contributed by atoms with Crippen LogP contribution in [0.2, 0.25) is 0 Å². The topological polar surface area (TPSA) is 24.5 Å². The summed E-state index contributed by atoms with van der Waals surface area (Å²) < 4.78 is 5.71. The van der Waals surface area contributed by atoms with E-state index < -0.39 is 0 Å². The Morgan fingerprint density at radius 1 is 1.50 bits per heavy atom. The van der Waals surface area contributed by atoms with Gasteiger partial charge in [-0.15, -0.1) is 0 Å². The highest BCUT2D eigenvalue weighted by atomic mass is 79.9. The Morgan fingerprint density at radius 3 is 2.85 bits per heavy atom. The molecule has 2 rings (SSSR count). The standard InChI is InChI=1S/C16H27BrN2O/c1-3-4-5-13(2)18-14-8-10-19(11-9-14)12-15-6-7-16(17)20-15/h3-4,6,13-14,16,18H,5,7-12H2,1-2H3/b4-3-. The van der Waals surface area contributed by atoms with Crippen molar-refractivity contribution in [2.24, 2.45) is 0 Å². The van der Waals surface area contributed by atoms with Gasteiger partial charge >= 0.3 is 0 Å². The van der Waals surface area contributed by atoms with Crippen molar-refractivity contribution < 1.29 is 4.74 Å². The molecule has 4 heteroatoms. The molecule has 0 aromatic rings. The Hall–Kier alpha value is -0.320. The molecule has 0 spiro atoms. The lowest BCUT2D eigenvalue weighted by molar-refractivity contribution is 0.152. The first-order valence-corrected chi connectivity index (χ1v) is 8.68. The van der Waals surface area contributed by atoms with Gasteiger partial charge in [-0.05, 0) is 55.1 Å². The van der Waals surface area contributed by atoms with E-state index in [2.05, 4.69) is 58.2 Å². The van der Waals surface area contributed by atoms with E-state index in [1.807, 2.05) is 0 Å². The summed E-state index contributed by atoms with van der Waals surface area (Å²) in [6.07, 6.45) is 11.2. The monoisotopic (exact) mass is 342 g/mol. The number of nitrogens with one attached hydrogen (secondary N) is 1. The third-order valence-electron chi connectivity index (χ3n) is 4.02. The molecular weight excluding hydrogens is 316 g/mol. The normalized spacial score (nSPS) is 26.8. The van der Waals surface area contributed by atoms with E-state index in [1.54, 1.807) is 0 Å². The molecule has 2 atom stereocenters. The largest absolute Gasteiger partial charge is 0.482 e. The molecule has 2 heterocycles. The minimum atomic E-state index is 0.198. The summed E-state index contributed by atoms with van der Waals surface area (Å²) in [6, 6.07) is 1.26. The van der Waals surface area contributed by atoms with Gasteiger partial charge in [-0.25, -0.2) is 0 Å². The van der Waals surface area contributed by atoms with E-state index in [0.717, 1.165) is 25.1 Å². The van der Waals surface area contributed by atoms with E-state index in [0.29, 0.717) is 12.1 Å². The highest BCUT2D eigenvalue weighted by molar-refractivity contribution is 9.09. The number of hydrogen-bond donors (Lipinski definition) is 1. The predicted molar refractivity (Wildman–Crippen MR) is 88.0 cm³/mol. The van der Waals surface area contributed by atoms with Crippen molar-refractivity contribution in [3.63, 3.8) is 0 Å². The molecule has 0 bridgehead atoms. The second kappa shape index (κ2) is 8.20. The van der Waals surface area contributed by atoms with Crippen LogP contribution in [0.25, 0.3) is 0 Å². The quantitative estimate of drug-likeness (QED) is 0.591. The molecule has 1 fully saturated rings. The van der Waals surface area contributed by atoms with Gasteiger partial charge in [0.05, 0.1) is 6.54 Å². The molecule has 0 aromatic carbocycles. The lowest BCUT2D eigenvalue weighted by Crippen LogP contribution is -2.45. The Kier molecular flexibility index (Phi) is 6.59. The fourth-order valence-corrected chi connectivity index (χ4v) is 3.30. The molecule has 0 aromatic heterocycles. The molecule has 2 aliphatic heterocycles. The van der Waals surface area contributed by atoms with Crippen molar-refractivity contribution in [1.29, 1.82) is 0 Å². The van der Waals surface area contributed by atoms with Gasteiger partial charge in [-0.3, -0.25) is 4.90 Å². The zero-order valence-electron chi connectivity index (χ0n) is 12.6. The van der Waals surface area contributed by atoms with Crippen molar-refractivity contribution in [3.8, 4) is 0 Å². The first-order valence-electron chi connectivity index (χ1n) is 7.76. The molecule has 2 unspecified atom stereocenters. The number of likely N-dealkylation sites (tertiary alicyclic amines) is 1. The Bertz CT molecular complexity index is 348. The molecule has 1 saturated heterocycles. The van der Waals surface area contributed by atoms with Gasteiger partial charge in [0, 0.05) is 31.6 Å². The van der Waals surface area contributed by atoms with Gasteiger partial charge in [-0.1, -0.05) is 12.2 Å². The van der Waals surface area contributed by atoms with Gasteiger partial charge in [0.2, 0.25) is 0 Å². The second-order valence-corrected chi connectivity index (χ2v) is 6.88. The van der Waals surface area contributed by atoms with Crippen molar-refractivity contribution in [2.45, 2.75) is 56.6 Å². The van der Waals surface area contributed by atoms with Crippen LogP contribution in [0.3, 0.4) is 0 Å². The summed E-state index contributed by atoms with van der Waals surface area (Å²) >= 11 is 3.49. The maximum atomic E-state index is 5.71. The number of halogens is 1. The van der Waals surface area contributed by atoms with Crippen molar-refractivity contribution >= 4 is 15.9 Å². The summed E-state index contributed by atoms with van der Waals surface area (Å²) in [5.74, 6) is 1.14. The molecule has 20 heavy (non-hydrogen) atoms. The van der Waals surface area contributed by atoms with E-state index in [9.17, 15) is 0 Å². The summed E-state index contributed by atoms with van der Waals surface area (Å²) in [5, 5.41) is 3.94.